The SMILES string of the molecule is [CH2]C/C=C/c1ccccc1Oc1ccccc1. The van der Waals surface area contributed by atoms with Crippen LogP contribution in [0.15, 0.2) is 60.7 Å². The van der Waals surface area contributed by atoms with Gasteiger partial charge in [0.1, 0.15) is 11.5 Å². The molecule has 0 saturated heterocycles. The highest BCUT2D eigenvalue weighted by Crippen LogP contribution is 2.25. The molecule has 0 atom stereocenters. The van der Waals surface area contributed by atoms with Crippen LogP contribution in [0.25, 0.3) is 6.08 Å². The van der Waals surface area contributed by atoms with Gasteiger partial charge < -0.3 is 4.74 Å². The van der Waals surface area contributed by atoms with Crippen molar-refractivity contribution in [3.8, 4) is 11.5 Å². The highest BCUT2D eigenvalue weighted by molar-refractivity contribution is 5.58. The van der Waals surface area contributed by atoms with Crippen LogP contribution in [-0.2, 0) is 0 Å². The number of hydrogen-bond donors (Lipinski definition) is 0. The van der Waals surface area contributed by atoms with Crippen molar-refractivity contribution in [1.29, 1.82) is 0 Å². The van der Waals surface area contributed by atoms with Crippen molar-refractivity contribution >= 4 is 6.08 Å². The average molecular weight is 223 g/mol. The average Bonchev–Trinajstić information content (AvgIpc) is 2.39. The van der Waals surface area contributed by atoms with Gasteiger partial charge in [0.05, 0.1) is 0 Å². The lowest BCUT2D eigenvalue weighted by atomic mass is 10.2. The van der Waals surface area contributed by atoms with Crippen molar-refractivity contribution in [1.82, 2.24) is 0 Å². The molecule has 2 aromatic carbocycles. The Morgan fingerprint density at radius 3 is 2.41 bits per heavy atom. The van der Waals surface area contributed by atoms with E-state index in [1.807, 2.05) is 66.7 Å². The molecule has 0 bridgehead atoms. The van der Waals surface area contributed by atoms with Gasteiger partial charge in [0.25, 0.3) is 0 Å². The summed E-state index contributed by atoms with van der Waals surface area (Å²) in [5.41, 5.74) is 1.07. The number of allylic oxidation sites excluding steroid dienone is 1. The number of rotatable bonds is 4. The van der Waals surface area contributed by atoms with Crippen molar-refractivity contribution < 1.29 is 4.74 Å². The molecule has 85 valence electrons. The third kappa shape index (κ3) is 3.22. The minimum atomic E-state index is 0.777. The zero-order chi connectivity index (χ0) is 11.9. The van der Waals surface area contributed by atoms with Crippen LogP contribution in [0.2, 0.25) is 0 Å². The van der Waals surface area contributed by atoms with Gasteiger partial charge in [0.15, 0.2) is 0 Å². The second-order valence-corrected chi connectivity index (χ2v) is 3.64. The molecule has 0 aliphatic heterocycles. The number of ether oxygens (including phenoxy) is 1. The van der Waals surface area contributed by atoms with Gasteiger partial charge in [0, 0.05) is 5.56 Å². The van der Waals surface area contributed by atoms with Crippen molar-refractivity contribution in [2.24, 2.45) is 0 Å². The highest BCUT2D eigenvalue weighted by atomic mass is 16.5. The van der Waals surface area contributed by atoms with Gasteiger partial charge in [-0.3, -0.25) is 0 Å². The van der Waals surface area contributed by atoms with Crippen LogP contribution in [0, 0.1) is 6.92 Å². The maximum absolute atomic E-state index is 5.83. The van der Waals surface area contributed by atoms with Gasteiger partial charge in [-0.05, 0) is 31.5 Å². The van der Waals surface area contributed by atoms with Crippen molar-refractivity contribution in [2.45, 2.75) is 6.42 Å². The molecule has 0 amide bonds. The maximum atomic E-state index is 5.83. The van der Waals surface area contributed by atoms with Crippen molar-refractivity contribution in [2.75, 3.05) is 0 Å². The van der Waals surface area contributed by atoms with Crippen LogP contribution in [0.3, 0.4) is 0 Å². The van der Waals surface area contributed by atoms with E-state index in [4.69, 9.17) is 4.74 Å². The van der Waals surface area contributed by atoms with E-state index in [-0.39, 0.29) is 0 Å². The first-order valence-electron chi connectivity index (χ1n) is 5.68. The maximum Gasteiger partial charge on any atom is 0.134 e. The molecule has 0 aromatic heterocycles. The zero-order valence-electron chi connectivity index (χ0n) is 9.67. The van der Waals surface area contributed by atoms with Gasteiger partial charge in [-0.2, -0.15) is 0 Å². The number of hydrogen-bond acceptors (Lipinski definition) is 1. The second-order valence-electron chi connectivity index (χ2n) is 3.64. The van der Waals surface area contributed by atoms with E-state index in [2.05, 4.69) is 6.92 Å². The van der Waals surface area contributed by atoms with Crippen molar-refractivity contribution in [3.63, 3.8) is 0 Å². The molecule has 0 aliphatic rings. The van der Waals surface area contributed by atoms with Gasteiger partial charge in [0.2, 0.25) is 0 Å². The minimum Gasteiger partial charge on any atom is -0.457 e. The van der Waals surface area contributed by atoms with E-state index in [0.717, 1.165) is 23.5 Å². The van der Waals surface area contributed by atoms with Gasteiger partial charge in [-0.1, -0.05) is 48.6 Å². The van der Waals surface area contributed by atoms with E-state index in [9.17, 15) is 0 Å². The summed E-state index contributed by atoms with van der Waals surface area (Å²) in [6.07, 6.45) is 4.83. The summed E-state index contributed by atoms with van der Waals surface area (Å²) in [6.45, 7) is 3.79. The summed E-state index contributed by atoms with van der Waals surface area (Å²) in [7, 11) is 0. The smallest absolute Gasteiger partial charge is 0.134 e. The molecular formula is C16H15O. The van der Waals surface area contributed by atoms with E-state index < -0.39 is 0 Å². The van der Waals surface area contributed by atoms with Gasteiger partial charge in [-0.25, -0.2) is 0 Å². The lowest BCUT2D eigenvalue weighted by Gasteiger charge is -2.08. The molecule has 0 saturated carbocycles. The normalized spacial score (nSPS) is 10.6. The van der Waals surface area contributed by atoms with Crippen LogP contribution >= 0.6 is 0 Å². The Morgan fingerprint density at radius 1 is 0.941 bits per heavy atom. The lowest BCUT2D eigenvalue weighted by Crippen LogP contribution is -1.86. The summed E-state index contributed by atoms with van der Waals surface area (Å²) in [5, 5.41) is 0. The summed E-state index contributed by atoms with van der Waals surface area (Å²) >= 11 is 0. The molecule has 0 unspecified atom stereocenters. The molecule has 1 heteroatoms. The molecule has 0 fully saturated rings. The first-order valence-corrected chi connectivity index (χ1v) is 5.68. The molecule has 17 heavy (non-hydrogen) atoms. The Morgan fingerprint density at radius 2 is 1.65 bits per heavy atom. The van der Waals surface area contributed by atoms with Crippen molar-refractivity contribution in [3.05, 3.63) is 73.2 Å². The van der Waals surface area contributed by atoms with Crippen LogP contribution < -0.4 is 4.74 Å². The van der Waals surface area contributed by atoms with Crippen LogP contribution in [0.5, 0.6) is 11.5 Å². The fourth-order valence-corrected chi connectivity index (χ4v) is 1.54. The first-order chi connectivity index (χ1) is 8.40. The Bertz CT molecular complexity index is 486. The third-order valence-corrected chi connectivity index (χ3v) is 2.35. The summed E-state index contributed by atoms with van der Waals surface area (Å²) < 4.78 is 5.83. The standard InChI is InChI=1S/C16H15O/c1-2-3-9-14-10-7-8-13-16(14)17-15-11-5-4-6-12-15/h3-13H,1-2H2/b9-3+. The van der Waals surface area contributed by atoms with E-state index in [1.54, 1.807) is 0 Å². The molecular weight excluding hydrogens is 208 g/mol. The monoisotopic (exact) mass is 223 g/mol. The predicted octanol–water partition coefficient (Wildman–Crippen LogP) is 4.72. The first kappa shape index (κ1) is 11.5. The third-order valence-electron chi connectivity index (χ3n) is 2.35. The van der Waals surface area contributed by atoms with E-state index in [0.29, 0.717) is 0 Å². The quantitative estimate of drug-likeness (QED) is 0.729. The van der Waals surface area contributed by atoms with Crippen LogP contribution in [-0.4, -0.2) is 0 Å². The molecule has 1 radical (unpaired) electrons. The van der Waals surface area contributed by atoms with Gasteiger partial charge >= 0.3 is 0 Å². The van der Waals surface area contributed by atoms with Gasteiger partial charge in [-0.15, -0.1) is 0 Å². The molecule has 0 N–H and O–H groups in total. The van der Waals surface area contributed by atoms with E-state index >= 15 is 0 Å². The molecule has 2 rings (SSSR count). The molecule has 0 aliphatic carbocycles. The Kier molecular flexibility index (Phi) is 3.98. The lowest BCUT2D eigenvalue weighted by molar-refractivity contribution is 0.481. The summed E-state index contributed by atoms with van der Waals surface area (Å²) in [4.78, 5) is 0. The molecule has 2 aromatic rings. The second kappa shape index (κ2) is 5.90. The molecule has 0 heterocycles. The Balaban J connectivity index is 2.23. The zero-order valence-corrected chi connectivity index (χ0v) is 9.67. The fourth-order valence-electron chi connectivity index (χ4n) is 1.54. The van der Waals surface area contributed by atoms with Crippen LogP contribution in [0.1, 0.15) is 12.0 Å². The molecule has 1 nitrogen and oxygen atoms in total. The Hall–Kier alpha value is -2.02. The topological polar surface area (TPSA) is 9.23 Å². The highest BCUT2D eigenvalue weighted by Gasteiger charge is 2.00. The predicted molar refractivity (Wildman–Crippen MR) is 72.0 cm³/mol. The molecule has 0 spiro atoms. The van der Waals surface area contributed by atoms with Crippen LogP contribution in [0.4, 0.5) is 0 Å². The fraction of sp³-hybridized carbons (Fsp3) is 0.0625. The van der Waals surface area contributed by atoms with E-state index in [1.165, 1.54) is 0 Å². The number of benzene rings is 2. The Labute approximate surface area is 102 Å². The summed E-state index contributed by atoms with van der Waals surface area (Å²) in [6, 6.07) is 17.8. The summed E-state index contributed by atoms with van der Waals surface area (Å²) in [5.74, 6) is 1.71. The minimum absolute atomic E-state index is 0.777. The number of para-hydroxylation sites is 2. The largest absolute Gasteiger partial charge is 0.457 e.